The first-order valence-corrected chi connectivity index (χ1v) is 10.4. The molecule has 0 saturated heterocycles. The summed E-state index contributed by atoms with van der Waals surface area (Å²) in [7, 11) is 0. The molecule has 3 amide bonds. The zero-order valence-corrected chi connectivity index (χ0v) is 16.4. The molecule has 4 rings (SSSR count). The van der Waals surface area contributed by atoms with Gasteiger partial charge in [0.25, 0.3) is 5.91 Å². The third-order valence-corrected chi connectivity index (χ3v) is 6.06. The number of amides is 3. The van der Waals surface area contributed by atoms with Gasteiger partial charge < -0.3 is 10.2 Å². The Morgan fingerprint density at radius 2 is 2.04 bits per heavy atom. The predicted molar refractivity (Wildman–Crippen MR) is 107 cm³/mol. The predicted octanol–water partition coefficient (Wildman–Crippen LogP) is 3.86. The number of carbonyl (C=O) groups excluding carboxylic acids is 2. The van der Waals surface area contributed by atoms with Crippen LogP contribution in [-0.4, -0.2) is 28.4 Å². The maximum atomic E-state index is 13.0. The molecule has 1 aliphatic rings. The molecule has 1 aliphatic heterocycles. The van der Waals surface area contributed by atoms with Crippen LogP contribution in [0.4, 0.5) is 14.3 Å². The number of rotatable bonds is 4. The van der Waals surface area contributed by atoms with Crippen molar-refractivity contribution in [3.05, 3.63) is 68.6 Å². The molecular weight excluding hydrogens is 399 g/mol. The molecule has 3 aromatic rings. The van der Waals surface area contributed by atoms with Gasteiger partial charge in [0, 0.05) is 29.8 Å². The Hall–Kier alpha value is -2.78. The number of carbonyl (C=O) groups is 2. The number of nitrogens with zero attached hydrogens (tertiary/aromatic N) is 2. The number of anilines is 1. The first-order chi connectivity index (χ1) is 13.6. The number of urea groups is 1. The van der Waals surface area contributed by atoms with Crippen LogP contribution in [0.3, 0.4) is 0 Å². The SMILES string of the molecule is O=C(Nc1nc2c(s1)CN(C(=O)NCc1ccc(F)cc1)CC2)c1ccsc1. The highest BCUT2D eigenvalue weighted by Crippen LogP contribution is 2.28. The number of nitrogens with one attached hydrogen (secondary N) is 2. The highest BCUT2D eigenvalue weighted by molar-refractivity contribution is 7.16. The van der Waals surface area contributed by atoms with Gasteiger partial charge in [0.05, 0.1) is 17.8 Å². The summed E-state index contributed by atoms with van der Waals surface area (Å²) in [6.45, 7) is 1.35. The second kappa shape index (κ2) is 8.07. The van der Waals surface area contributed by atoms with E-state index in [4.69, 9.17) is 0 Å². The van der Waals surface area contributed by atoms with Crippen LogP contribution in [0.2, 0.25) is 0 Å². The number of aromatic nitrogens is 1. The number of halogens is 1. The smallest absolute Gasteiger partial charge is 0.318 e. The fraction of sp³-hybridized carbons (Fsp3) is 0.211. The zero-order valence-electron chi connectivity index (χ0n) is 14.8. The van der Waals surface area contributed by atoms with Crippen LogP contribution in [0.5, 0.6) is 0 Å². The van der Waals surface area contributed by atoms with Crippen LogP contribution in [0.15, 0.2) is 41.1 Å². The maximum Gasteiger partial charge on any atom is 0.318 e. The van der Waals surface area contributed by atoms with E-state index >= 15 is 0 Å². The molecule has 2 aromatic heterocycles. The molecule has 0 fully saturated rings. The Bertz CT molecular complexity index is 986. The van der Waals surface area contributed by atoms with Crippen molar-refractivity contribution in [1.29, 1.82) is 0 Å². The van der Waals surface area contributed by atoms with E-state index in [1.54, 1.807) is 28.5 Å². The average molecular weight is 417 g/mol. The van der Waals surface area contributed by atoms with Crippen molar-refractivity contribution >= 4 is 39.7 Å². The van der Waals surface area contributed by atoms with Crippen LogP contribution in [0.1, 0.15) is 26.5 Å². The van der Waals surface area contributed by atoms with Crippen LogP contribution in [0, 0.1) is 5.82 Å². The molecule has 2 N–H and O–H groups in total. The van der Waals surface area contributed by atoms with Gasteiger partial charge in [0.1, 0.15) is 5.82 Å². The van der Waals surface area contributed by atoms with Crippen molar-refractivity contribution in [1.82, 2.24) is 15.2 Å². The van der Waals surface area contributed by atoms with Crippen molar-refractivity contribution in [2.45, 2.75) is 19.5 Å². The first-order valence-electron chi connectivity index (χ1n) is 8.68. The quantitative estimate of drug-likeness (QED) is 0.678. The number of fused-ring (bicyclic) bond motifs is 1. The van der Waals surface area contributed by atoms with Crippen LogP contribution in [0.25, 0.3) is 0 Å². The lowest BCUT2D eigenvalue weighted by molar-refractivity contribution is 0.102. The molecule has 0 radical (unpaired) electrons. The van der Waals surface area contributed by atoms with Crippen molar-refractivity contribution in [2.75, 3.05) is 11.9 Å². The Labute approximate surface area is 169 Å². The molecule has 1 aromatic carbocycles. The number of hydrogen-bond acceptors (Lipinski definition) is 5. The van der Waals surface area contributed by atoms with E-state index in [0.29, 0.717) is 36.8 Å². The summed E-state index contributed by atoms with van der Waals surface area (Å²) in [5, 5.41) is 9.87. The monoisotopic (exact) mass is 416 g/mol. The van der Waals surface area contributed by atoms with Crippen LogP contribution < -0.4 is 10.6 Å². The summed E-state index contributed by atoms with van der Waals surface area (Å²) in [4.78, 5) is 31.8. The molecule has 28 heavy (non-hydrogen) atoms. The fourth-order valence-electron chi connectivity index (χ4n) is 2.88. The summed E-state index contributed by atoms with van der Waals surface area (Å²) < 4.78 is 13.0. The topological polar surface area (TPSA) is 74.3 Å². The molecule has 0 saturated carbocycles. The lowest BCUT2D eigenvalue weighted by Gasteiger charge is -2.26. The first kappa shape index (κ1) is 18.6. The Morgan fingerprint density at radius 3 is 2.79 bits per heavy atom. The third kappa shape index (κ3) is 4.20. The van der Waals surface area contributed by atoms with Gasteiger partial charge in [0.15, 0.2) is 5.13 Å². The molecule has 9 heteroatoms. The van der Waals surface area contributed by atoms with Gasteiger partial charge in [-0.05, 0) is 29.1 Å². The largest absolute Gasteiger partial charge is 0.334 e. The van der Waals surface area contributed by atoms with Crippen molar-refractivity contribution in [3.8, 4) is 0 Å². The normalized spacial score (nSPS) is 13.1. The van der Waals surface area contributed by atoms with Gasteiger partial charge in [0.2, 0.25) is 0 Å². The Morgan fingerprint density at radius 1 is 1.21 bits per heavy atom. The van der Waals surface area contributed by atoms with E-state index in [1.807, 2.05) is 5.38 Å². The van der Waals surface area contributed by atoms with Crippen molar-refractivity contribution in [2.24, 2.45) is 0 Å². The number of thiophene rings is 1. The summed E-state index contributed by atoms with van der Waals surface area (Å²) in [5.74, 6) is -0.480. The molecule has 0 unspecified atom stereocenters. The molecule has 144 valence electrons. The molecule has 0 spiro atoms. The van der Waals surface area contributed by atoms with Gasteiger partial charge in [-0.25, -0.2) is 14.2 Å². The minimum absolute atomic E-state index is 0.174. The second-order valence-corrected chi connectivity index (χ2v) is 8.18. The van der Waals surface area contributed by atoms with E-state index in [1.165, 1.54) is 34.8 Å². The third-order valence-electron chi connectivity index (χ3n) is 4.38. The molecule has 0 aliphatic carbocycles. The average Bonchev–Trinajstić information content (AvgIpc) is 3.36. The van der Waals surface area contributed by atoms with Gasteiger partial charge >= 0.3 is 6.03 Å². The summed E-state index contributed by atoms with van der Waals surface area (Å²) in [5.41, 5.74) is 2.37. The van der Waals surface area contributed by atoms with Gasteiger partial charge in [-0.15, -0.1) is 0 Å². The van der Waals surface area contributed by atoms with Crippen LogP contribution in [-0.2, 0) is 19.5 Å². The summed E-state index contributed by atoms with van der Waals surface area (Å²) in [6.07, 6.45) is 0.643. The van der Waals surface area contributed by atoms with Crippen LogP contribution >= 0.6 is 22.7 Å². The van der Waals surface area contributed by atoms with Gasteiger partial charge in [-0.1, -0.05) is 23.5 Å². The second-order valence-electron chi connectivity index (χ2n) is 6.31. The number of benzene rings is 1. The van der Waals surface area contributed by atoms with Crippen molar-refractivity contribution in [3.63, 3.8) is 0 Å². The zero-order chi connectivity index (χ0) is 19.5. The van der Waals surface area contributed by atoms with E-state index < -0.39 is 0 Å². The molecule has 6 nitrogen and oxygen atoms in total. The van der Waals surface area contributed by atoms with Gasteiger partial charge in [-0.3, -0.25) is 10.1 Å². The molecular formula is C19H17FN4O2S2. The fourth-order valence-corrected chi connectivity index (χ4v) is 4.53. The summed E-state index contributed by atoms with van der Waals surface area (Å²) >= 11 is 2.86. The van der Waals surface area contributed by atoms with Crippen molar-refractivity contribution < 1.29 is 14.0 Å². The lowest BCUT2D eigenvalue weighted by Crippen LogP contribution is -2.42. The number of thiazole rings is 1. The molecule has 3 heterocycles. The Kier molecular flexibility index (Phi) is 5.36. The highest BCUT2D eigenvalue weighted by Gasteiger charge is 2.24. The lowest BCUT2D eigenvalue weighted by atomic mass is 10.2. The van der Waals surface area contributed by atoms with E-state index in [9.17, 15) is 14.0 Å². The molecule has 0 atom stereocenters. The Balaban J connectivity index is 1.35. The maximum absolute atomic E-state index is 13.0. The highest BCUT2D eigenvalue weighted by atomic mass is 32.1. The van der Waals surface area contributed by atoms with E-state index in [-0.39, 0.29) is 17.8 Å². The minimum Gasteiger partial charge on any atom is -0.334 e. The standard InChI is InChI=1S/C19H17FN4O2S2/c20-14-3-1-12(2-4-14)9-21-19(26)24-7-5-15-16(10-24)28-18(22-15)23-17(25)13-6-8-27-11-13/h1-4,6,8,11H,5,7,9-10H2,(H,21,26)(H,22,23,25). The molecule has 0 bridgehead atoms. The summed E-state index contributed by atoms with van der Waals surface area (Å²) in [6, 6.07) is 7.63. The van der Waals surface area contributed by atoms with Gasteiger partial charge in [-0.2, -0.15) is 11.3 Å². The van der Waals surface area contributed by atoms with E-state index in [0.717, 1.165) is 16.1 Å². The minimum atomic E-state index is -0.300. The van der Waals surface area contributed by atoms with E-state index in [2.05, 4.69) is 15.6 Å². The number of hydrogen-bond donors (Lipinski definition) is 2.